The number of oxazole rings is 1. The number of rotatable bonds is 4. The monoisotopic (exact) mass is 430 g/mol. The van der Waals surface area contributed by atoms with E-state index in [-0.39, 0.29) is 11.3 Å². The minimum absolute atomic E-state index is 0.252. The van der Waals surface area contributed by atoms with E-state index in [0.29, 0.717) is 42.8 Å². The van der Waals surface area contributed by atoms with Gasteiger partial charge in [0, 0.05) is 44.2 Å². The number of piperazine rings is 1. The summed E-state index contributed by atoms with van der Waals surface area (Å²) in [4.78, 5) is 20.8. The van der Waals surface area contributed by atoms with Crippen LogP contribution in [0.4, 0.5) is 5.88 Å². The number of benzene rings is 1. The molecular formula is C24H22N4O4. The molecule has 32 heavy (non-hydrogen) atoms. The molecule has 0 spiro atoms. The average Bonchev–Trinajstić information content (AvgIpc) is 3.47. The van der Waals surface area contributed by atoms with E-state index in [9.17, 15) is 10.1 Å². The van der Waals surface area contributed by atoms with Gasteiger partial charge in [-0.15, -0.1) is 0 Å². The molecule has 5 rings (SSSR count). The van der Waals surface area contributed by atoms with Crippen molar-refractivity contribution in [1.82, 2.24) is 9.88 Å². The zero-order valence-electron chi connectivity index (χ0n) is 17.9. The Morgan fingerprint density at radius 3 is 2.66 bits per heavy atom. The third kappa shape index (κ3) is 3.57. The second-order valence-electron chi connectivity index (χ2n) is 8.00. The SMILES string of the molecule is Cc1ccc2c(CN3CCN(c4oc(-c5ccco5)nc4C#N)CC3)cc(=O)oc2c1C. The first-order valence-electron chi connectivity index (χ1n) is 10.5. The van der Waals surface area contributed by atoms with Crippen LogP contribution in [0.25, 0.3) is 22.6 Å². The van der Waals surface area contributed by atoms with Gasteiger partial charge in [-0.3, -0.25) is 4.90 Å². The number of aromatic nitrogens is 1. The molecule has 4 heterocycles. The van der Waals surface area contributed by atoms with Crippen LogP contribution in [-0.4, -0.2) is 36.1 Å². The van der Waals surface area contributed by atoms with Crippen molar-refractivity contribution in [3.63, 3.8) is 0 Å². The molecule has 1 saturated heterocycles. The summed E-state index contributed by atoms with van der Waals surface area (Å²) in [6.45, 7) is 7.51. The third-order valence-electron chi connectivity index (χ3n) is 6.02. The second kappa shape index (κ2) is 8.02. The molecule has 0 unspecified atom stereocenters. The van der Waals surface area contributed by atoms with Gasteiger partial charge in [-0.05, 0) is 42.7 Å². The molecule has 1 aromatic carbocycles. The van der Waals surface area contributed by atoms with Crippen LogP contribution in [0.2, 0.25) is 0 Å². The number of furan rings is 1. The van der Waals surface area contributed by atoms with Crippen LogP contribution < -0.4 is 10.5 Å². The molecule has 0 bridgehead atoms. The average molecular weight is 430 g/mol. The number of fused-ring (bicyclic) bond motifs is 1. The van der Waals surface area contributed by atoms with E-state index in [1.54, 1.807) is 24.5 Å². The summed E-state index contributed by atoms with van der Waals surface area (Å²) in [5, 5.41) is 10.5. The normalized spacial score (nSPS) is 14.7. The molecule has 0 saturated carbocycles. The lowest BCUT2D eigenvalue weighted by Gasteiger charge is -2.34. The van der Waals surface area contributed by atoms with Crippen LogP contribution in [0, 0.1) is 25.2 Å². The summed E-state index contributed by atoms with van der Waals surface area (Å²) in [5.41, 5.74) is 3.64. The van der Waals surface area contributed by atoms with E-state index in [1.807, 2.05) is 24.8 Å². The van der Waals surface area contributed by atoms with E-state index in [4.69, 9.17) is 13.3 Å². The lowest BCUT2D eigenvalue weighted by Crippen LogP contribution is -2.46. The van der Waals surface area contributed by atoms with E-state index in [2.05, 4.69) is 22.0 Å². The van der Waals surface area contributed by atoms with Gasteiger partial charge in [0.15, 0.2) is 5.76 Å². The predicted octanol–water partition coefficient (Wildman–Crippen LogP) is 3.85. The smallest absolute Gasteiger partial charge is 0.336 e. The van der Waals surface area contributed by atoms with Crippen molar-refractivity contribution in [3.8, 4) is 17.7 Å². The molecular weight excluding hydrogens is 408 g/mol. The molecule has 1 fully saturated rings. The largest absolute Gasteiger partial charge is 0.459 e. The fourth-order valence-corrected chi connectivity index (χ4v) is 4.11. The molecule has 0 N–H and O–H groups in total. The van der Waals surface area contributed by atoms with Crippen LogP contribution in [0.1, 0.15) is 22.4 Å². The van der Waals surface area contributed by atoms with Crippen molar-refractivity contribution in [1.29, 1.82) is 5.26 Å². The topological polar surface area (TPSA) is 99.6 Å². The molecule has 8 heteroatoms. The molecule has 8 nitrogen and oxygen atoms in total. The highest BCUT2D eigenvalue weighted by molar-refractivity contribution is 5.83. The quantitative estimate of drug-likeness (QED) is 0.450. The maximum atomic E-state index is 12.2. The zero-order valence-corrected chi connectivity index (χ0v) is 17.9. The maximum Gasteiger partial charge on any atom is 0.336 e. The van der Waals surface area contributed by atoms with Crippen molar-refractivity contribution < 1.29 is 13.3 Å². The highest BCUT2D eigenvalue weighted by Gasteiger charge is 2.25. The van der Waals surface area contributed by atoms with Crippen LogP contribution in [0.15, 0.2) is 54.6 Å². The molecule has 1 aliphatic rings. The predicted molar refractivity (Wildman–Crippen MR) is 118 cm³/mol. The van der Waals surface area contributed by atoms with Crippen LogP contribution in [0.5, 0.6) is 0 Å². The van der Waals surface area contributed by atoms with Crippen LogP contribution >= 0.6 is 0 Å². The molecule has 162 valence electrons. The fraction of sp³-hybridized carbons (Fsp3) is 0.292. The Balaban J connectivity index is 1.34. The van der Waals surface area contributed by atoms with Crippen molar-refractivity contribution in [2.45, 2.75) is 20.4 Å². The molecule has 0 atom stereocenters. The van der Waals surface area contributed by atoms with Crippen LogP contribution in [0.3, 0.4) is 0 Å². The van der Waals surface area contributed by atoms with E-state index >= 15 is 0 Å². The molecule has 0 radical (unpaired) electrons. The first kappa shape index (κ1) is 20.1. The number of hydrogen-bond donors (Lipinski definition) is 0. The lowest BCUT2D eigenvalue weighted by atomic mass is 10.0. The van der Waals surface area contributed by atoms with Crippen molar-refractivity contribution in [2.24, 2.45) is 0 Å². The minimum atomic E-state index is -0.328. The number of nitriles is 1. The summed E-state index contributed by atoms with van der Waals surface area (Å²) in [7, 11) is 0. The maximum absolute atomic E-state index is 12.2. The number of anilines is 1. The Morgan fingerprint density at radius 2 is 1.94 bits per heavy atom. The number of hydrogen-bond acceptors (Lipinski definition) is 8. The Kier molecular flexibility index (Phi) is 5.04. The molecule has 4 aromatic rings. The number of nitrogens with zero attached hydrogens (tertiary/aromatic N) is 4. The highest BCUT2D eigenvalue weighted by atomic mass is 16.4. The molecule has 0 amide bonds. The molecule has 1 aliphatic heterocycles. The van der Waals surface area contributed by atoms with Crippen molar-refractivity contribution >= 4 is 16.9 Å². The molecule has 3 aromatic heterocycles. The summed E-state index contributed by atoms with van der Waals surface area (Å²) in [6, 6.07) is 11.3. The second-order valence-corrected chi connectivity index (χ2v) is 8.00. The first-order chi connectivity index (χ1) is 15.5. The summed E-state index contributed by atoms with van der Waals surface area (Å²) in [5.74, 6) is 1.26. The Morgan fingerprint density at radius 1 is 1.12 bits per heavy atom. The van der Waals surface area contributed by atoms with Crippen molar-refractivity contribution in [3.05, 3.63) is 69.4 Å². The zero-order chi connectivity index (χ0) is 22.2. The van der Waals surface area contributed by atoms with E-state index < -0.39 is 0 Å². The van der Waals surface area contributed by atoms with Gasteiger partial charge in [-0.25, -0.2) is 4.79 Å². The van der Waals surface area contributed by atoms with Gasteiger partial charge in [0.2, 0.25) is 11.6 Å². The van der Waals surface area contributed by atoms with Crippen LogP contribution in [-0.2, 0) is 6.54 Å². The lowest BCUT2D eigenvalue weighted by molar-refractivity contribution is 0.246. The number of aryl methyl sites for hydroxylation is 2. The fourth-order valence-electron chi connectivity index (χ4n) is 4.11. The third-order valence-corrected chi connectivity index (χ3v) is 6.02. The van der Waals surface area contributed by atoms with Gasteiger partial charge in [0.05, 0.1) is 6.26 Å². The van der Waals surface area contributed by atoms with Gasteiger partial charge in [-0.2, -0.15) is 10.2 Å². The standard InChI is InChI=1S/C24H22N4O4/c1-15-5-6-18-17(12-21(29)31-22(18)16(15)2)14-27-7-9-28(10-8-27)24-19(13-25)26-23(32-24)20-4-3-11-30-20/h3-6,11-12H,7-10,14H2,1-2H3. The summed E-state index contributed by atoms with van der Waals surface area (Å²) < 4.78 is 16.7. The Bertz CT molecular complexity index is 1370. The van der Waals surface area contributed by atoms with E-state index in [1.165, 1.54) is 0 Å². The molecule has 0 aliphatic carbocycles. The van der Waals surface area contributed by atoms with Gasteiger partial charge >= 0.3 is 5.63 Å². The van der Waals surface area contributed by atoms with Crippen molar-refractivity contribution in [2.75, 3.05) is 31.1 Å². The van der Waals surface area contributed by atoms with E-state index in [0.717, 1.165) is 35.2 Å². The van der Waals surface area contributed by atoms with Gasteiger partial charge < -0.3 is 18.2 Å². The van der Waals surface area contributed by atoms with Gasteiger partial charge in [0.1, 0.15) is 11.7 Å². The van der Waals surface area contributed by atoms with Gasteiger partial charge in [0.25, 0.3) is 5.89 Å². The Hall–Kier alpha value is -3.83. The summed E-state index contributed by atoms with van der Waals surface area (Å²) in [6.07, 6.45) is 1.54. The first-order valence-corrected chi connectivity index (χ1v) is 10.5. The summed E-state index contributed by atoms with van der Waals surface area (Å²) >= 11 is 0. The minimum Gasteiger partial charge on any atom is -0.459 e. The highest BCUT2D eigenvalue weighted by Crippen LogP contribution is 2.30. The Labute approximate surface area is 184 Å². The van der Waals surface area contributed by atoms with Gasteiger partial charge in [-0.1, -0.05) is 12.1 Å².